The van der Waals surface area contributed by atoms with Gasteiger partial charge in [0.25, 0.3) is 0 Å². The number of rotatable bonds is 2. The minimum absolute atomic E-state index is 0.534. The summed E-state index contributed by atoms with van der Waals surface area (Å²) < 4.78 is 0. The Labute approximate surface area is 98.3 Å². The van der Waals surface area contributed by atoms with Gasteiger partial charge in [0.1, 0.15) is 0 Å². The molecule has 2 unspecified atom stereocenters. The monoisotopic (exact) mass is 215 g/mol. The molecule has 0 spiro atoms. The van der Waals surface area contributed by atoms with E-state index >= 15 is 0 Å². The first-order valence-corrected chi connectivity index (χ1v) is 6.51. The van der Waals surface area contributed by atoms with Gasteiger partial charge in [-0.1, -0.05) is 38.1 Å². The maximum absolute atomic E-state index is 3.84. The molecule has 2 atom stereocenters. The van der Waals surface area contributed by atoms with E-state index in [-0.39, 0.29) is 0 Å². The zero-order valence-electron chi connectivity index (χ0n) is 10.3. The molecule has 0 bridgehead atoms. The van der Waals surface area contributed by atoms with Crippen LogP contribution in [-0.4, -0.2) is 6.04 Å². The van der Waals surface area contributed by atoms with Crippen LogP contribution in [0.2, 0.25) is 0 Å². The van der Waals surface area contributed by atoms with Crippen molar-refractivity contribution in [1.29, 1.82) is 0 Å². The molecule has 2 aliphatic carbocycles. The van der Waals surface area contributed by atoms with E-state index in [1.807, 2.05) is 0 Å². The molecule has 1 aromatic carbocycles. The van der Waals surface area contributed by atoms with Gasteiger partial charge in [-0.05, 0) is 42.2 Å². The highest BCUT2D eigenvalue weighted by atomic mass is 15.0. The van der Waals surface area contributed by atoms with E-state index in [1.54, 1.807) is 11.1 Å². The minimum Gasteiger partial charge on any atom is -0.307 e. The highest BCUT2D eigenvalue weighted by Crippen LogP contribution is 2.46. The third-order valence-corrected chi connectivity index (χ3v) is 4.29. The lowest BCUT2D eigenvalue weighted by molar-refractivity contribution is 0.424. The molecule has 0 amide bonds. The second kappa shape index (κ2) is 3.59. The predicted octanol–water partition coefficient (Wildman–Crippen LogP) is 3.45. The summed E-state index contributed by atoms with van der Waals surface area (Å²) in [5.41, 5.74) is 3.65. The predicted molar refractivity (Wildman–Crippen MR) is 67.4 cm³/mol. The van der Waals surface area contributed by atoms with Gasteiger partial charge >= 0.3 is 0 Å². The summed E-state index contributed by atoms with van der Waals surface area (Å²) in [7, 11) is 0. The fourth-order valence-electron chi connectivity index (χ4n) is 2.92. The van der Waals surface area contributed by atoms with Crippen molar-refractivity contribution < 1.29 is 0 Å². The minimum atomic E-state index is 0.534. The third kappa shape index (κ3) is 1.78. The van der Waals surface area contributed by atoms with Gasteiger partial charge < -0.3 is 5.32 Å². The van der Waals surface area contributed by atoms with Crippen LogP contribution in [0.1, 0.15) is 50.3 Å². The fraction of sp³-hybridized carbons (Fsp3) is 0.600. The van der Waals surface area contributed by atoms with Crippen LogP contribution < -0.4 is 5.32 Å². The Morgan fingerprint density at radius 3 is 2.75 bits per heavy atom. The average molecular weight is 215 g/mol. The summed E-state index contributed by atoms with van der Waals surface area (Å²) in [5, 5.41) is 3.84. The lowest BCUT2D eigenvalue weighted by atomic mass is 9.87. The van der Waals surface area contributed by atoms with Gasteiger partial charge in [-0.2, -0.15) is 0 Å². The van der Waals surface area contributed by atoms with Crippen LogP contribution in [0, 0.1) is 5.41 Å². The second-order valence-corrected chi connectivity index (χ2v) is 6.06. The second-order valence-electron chi connectivity index (χ2n) is 6.06. The normalized spacial score (nSPS) is 30.9. The number of benzene rings is 1. The molecule has 0 aliphatic heterocycles. The number of hydrogen-bond donors (Lipinski definition) is 1. The number of aryl methyl sites for hydroxylation is 1. The van der Waals surface area contributed by atoms with Gasteiger partial charge in [0.2, 0.25) is 0 Å². The van der Waals surface area contributed by atoms with E-state index in [1.165, 1.54) is 25.7 Å². The first kappa shape index (κ1) is 10.3. The molecule has 1 aromatic rings. The molecule has 2 aliphatic rings. The summed E-state index contributed by atoms with van der Waals surface area (Å²) in [4.78, 5) is 0. The van der Waals surface area contributed by atoms with Crippen molar-refractivity contribution in [3.8, 4) is 0 Å². The highest BCUT2D eigenvalue weighted by Gasteiger charge is 2.46. The van der Waals surface area contributed by atoms with Crippen LogP contribution in [0.15, 0.2) is 24.3 Å². The fourth-order valence-corrected chi connectivity index (χ4v) is 2.92. The third-order valence-electron chi connectivity index (χ3n) is 4.29. The summed E-state index contributed by atoms with van der Waals surface area (Å²) in [6.07, 6.45) is 5.25. The van der Waals surface area contributed by atoms with Gasteiger partial charge in [0, 0.05) is 12.1 Å². The van der Waals surface area contributed by atoms with E-state index in [4.69, 9.17) is 0 Å². The van der Waals surface area contributed by atoms with E-state index in [0.717, 1.165) is 6.04 Å². The van der Waals surface area contributed by atoms with Crippen molar-refractivity contribution in [2.24, 2.45) is 5.41 Å². The molecule has 1 N–H and O–H groups in total. The molecule has 1 saturated carbocycles. The standard InChI is InChI=1S/C15H21N/c1-15(2)10-14(15)16-13-9-5-7-11-6-3-4-8-12(11)13/h3-4,6,8,13-14,16H,5,7,9-10H2,1-2H3. The van der Waals surface area contributed by atoms with Gasteiger partial charge in [0.05, 0.1) is 0 Å². The van der Waals surface area contributed by atoms with E-state index < -0.39 is 0 Å². The van der Waals surface area contributed by atoms with Crippen LogP contribution in [-0.2, 0) is 6.42 Å². The van der Waals surface area contributed by atoms with E-state index in [2.05, 4.69) is 43.4 Å². The molecule has 0 saturated heterocycles. The summed E-state index contributed by atoms with van der Waals surface area (Å²) in [6.45, 7) is 4.72. The Morgan fingerprint density at radius 1 is 1.25 bits per heavy atom. The molecule has 1 nitrogen and oxygen atoms in total. The molecule has 1 fully saturated rings. The SMILES string of the molecule is CC1(C)CC1NC1CCCc2ccccc21. The maximum Gasteiger partial charge on any atom is 0.0325 e. The lowest BCUT2D eigenvalue weighted by Gasteiger charge is -2.27. The first-order chi connectivity index (χ1) is 7.67. The van der Waals surface area contributed by atoms with Crippen LogP contribution >= 0.6 is 0 Å². The molecule has 0 radical (unpaired) electrons. The average Bonchev–Trinajstić information content (AvgIpc) is 2.87. The highest BCUT2D eigenvalue weighted by molar-refractivity contribution is 5.32. The topological polar surface area (TPSA) is 12.0 Å². The quantitative estimate of drug-likeness (QED) is 0.796. The van der Waals surface area contributed by atoms with Crippen molar-refractivity contribution in [2.75, 3.05) is 0 Å². The summed E-state index contributed by atoms with van der Waals surface area (Å²) in [6, 6.07) is 10.3. The van der Waals surface area contributed by atoms with Crippen molar-refractivity contribution in [3.63, 3.8) is 0 Å². The van der Waals surface area contributed by atoms with Gasteiger partial charge in [-0.3, -0.25) is 0 Å². The molecular formula is C15H21N. The molecule has 3 rings (SSSR count). The largest absolute Gasteiger partial charge is 0.307 e. The molecule has 1 heteroatoms. The van der Waals surface area contributed by atoms with Crippen molar-refractivity contribution >= 4 is 0 Å². The van der Waals surface area contributed by atoms with Gasteiger partial charge in [-0.25, -0.2) is 0 Å². The van der Waals surface area contributed by atoms with Crippen LogP contribution in [0.3, 0.4) is 0 Å². The molecule has 0 heterocycles. The Bertz CT molecular complexity index is 394. The number of fused-ring (bicyclic) bond motifs is 1. The van der Waals surface area contributed by atoms with E-state index in [0.29, 0.717) is 11.5 Å². The van der Waals surface area contributed by atoms with Crippen molar-refractivity contribution in [3.05, 3.63) is 35.4 Å². The first-order valence-electron chi connectivity index (χ1n) is 6.51. The number of nitrogens with one attached hydrogen (secondary N) is 1. The lowest BCUT2D eigenvalue weighted by Crippen LogP contribution is -2.29. The van der Waals surface area contributed by atoms with Crippen LogP contribution in [0.5, 0.6) is 0 Å². The van der Waals surface area contributed by atoms with Crippen molar-refractivity contribution in [1.82, 2.24) is 5.32 Å². The summed E-state index contributed by atoms with van der Waals surface area (Å²) in [5.74, 6) is 0. The molecule has 16 heavy (non-hydrogen) atoms. The number of hydrogen-bond acceptors (Lipinski definition) is 1. The molecule has 86 valence electrons. The van der Waals surface area contributed by atoms with Gasteiger partial charge in [-0.15, -0.1) is 0 Å². The van der Waals surface area contributed by atoms with Crippen LogP contribution in [0.4, 0.5) is 0 Å². The Hall–Kier alpha value is -0.820. The van der Waals surface area contributed by atoms with Crippen LogP contribution in [0.25, 0.3) is 0 Å². The molecular weight excluding hydrogens is 194 g/mol. The zero-order chi connectivity index (χ0) is 11.2. The Balaban J connectivity index is 1.78. The Kier molecular flexibility index (Phi) is 2.32. The smallest absolute Gasteiger partial charge is 0.0325 e. The maximum atomic E-state index is 3.84. The summed E-state index contributed by atoms with van der Waals surface area (Å²) >= 11 is 0. The Morgan fingerprint density at radius 2 is 2.00 bits per heavy atom. The van der Waals surface area contributed by atoms with Crippen molar-refractivity contribution in [2.45, 2.75) is 51.6 Å². The van der Waals surface area contributed by atoms with E-state index in [9.17, 15) is 0 Å². The molecule has 0 aromatic heterocycles. The zero-order valence-corrected chi connectivity index (χ0v) is 10.3. The van der Waals surface area contributed by atoms with Gasteiger partial charge in [0.15, 0.2) is 0 Å².